The van der Waals surface area contributed by atoms with Crippen LogP contribution in [0.2, 0.25) is 0 Å². The maximum atomic E-state index is 12.0. The Kier molecular flexibility index (Phi) is 4.39. The van der Waals surface area contributed by atoms with E-state index in [-0.39, 0.29) is 5.91 Å². The van der Waals surface area contributed by atoms with Crippen LogP contribution >= 0.6 is 15.9 Å². The first-order valence-electron chi connectivity index (χ1n) is 4.88. The molecule has 0 fully saturated rings. The van der Waals surface area contributed by atoms with Crippen LogP contribution in [0.15, 0.2) is 22.7 Å². The number of hydrogen-bond donors (Lipinski definition) is 1. The third-order valence-corrected chi connectivity index (χ3v) is 2.89. The van der Waals surface area contributed by atoms with E-state index in [0.29, 0.717) is 24.3 Å². The van der Waals surface area contributed by atoms with E-state index in [1.807, 2.05) is 6.92 Å². The number of carbonyl (C=O) groups is 1. The highest BCUT2D eigenvalue weighted by Crippen LogP contribution is 2.21. The zero-order chi connectivity index (χ0) is 12.1. The molecule has 3 nitrogen and oxygen atoms in total. The molecule has 0 aliphatic heterocycles. The van der Waals surface area contributed by atoms with E-state index in [0.717, 1.165) is 4.47 Å². The van der Waals surface area contributed by atoms with Crippen molar-refractivity contribution in [3.63, 3.8) is 0 Å². The van der Waals surface area contributed by atoms with Gasteiger partial charge in [-0.25, -0.2) is 0 Å². The highest BCUT2D eigenvalue weighted by Gasteiger charge is 2.13. The van der Waals surface area contributed by atoms with Crippen molar-refractivity contribution in [1.29, 1.82) is 0 Å². The number of carbonyl (C=O) groups excluding carboxylic acids is 1. The molecule has 2 N–H and O–H groups in total. The fraction of sp³-hybridized carbons (Fsp3) is 0.250. The lowest BCUT2D eigenvalue weighted by Gasteiger charge is -2.18. The maximum absolute atomic E-state index is 12.0. The molecule has 1 aromatic carbocycles. The summed E-state index contributed by atoms with van der Waals surface area (Å²) in [7, 11) is 0. The molecule has 1 amide bonds. The first kappa shape index (κ1) is 12.6. The molecular formula is C12H13BrN2O. The predicted octanol–water partition coefficient (Wildman–Crippen LogP) is 2.13. The second-order valence-electron chi connectivity index (χ2n) is 3.26. The average Bonchev–Trinajstić information content (AvgIpc) is 2.28. The van der Waals surface area contributed by atoms with Crippen molar-refractivity contribution in [2.75, 3.05) is 18.8 Å². The number of anilines is 1. The molecule has 0 aliphatic carbocycles. The van der Waals surface area contributed by atoms with E-state index in [2.05, 4.69) is 21.9 Å². The quantitative estimate of drug-likeness (QED) is 0.681. The van der Waals surface area contributed by atoms with E-state index in [1.54, 1.807) is 23.1 Å². The highest BCUT2D eigenvalue weighted by atomic mass is 79.9. The van der Waals surface area contributed by atoms with Crippen molar-refractivity contribution in [1.82, 2.24) is 4.90 Å². The molecule has 84 valence electrons. The van der Waals surface area contributed by atoms with Crippen LogP contribution in [0.1, 0.15) is 17.3 Å². The Bertz CT molecular complexity index is 437. The molecule has 4 heteroatoms. The molecule has 0 spiro atoms. The number of nitrogens with two attached hydrogens (primary N) is 1. The van der Waals surface area contributed by atoms with Crippen LogP contribution in [0.4, 0.5) is 5.69 Å². The molecular weight excluding hydrogens is 268 g/mol. The van der Waals surface area contributed by atoms with Gasteiger partial charge in [0.15, 0.2) is 0 Å². The van der Waals surface area contributed by atoms with E-state index >= 15 is 0 Å². The lowest BCUT2D eigenvalue weighted by molar-refractivity contribution is 0.0785. The van der Waals surface area contributed by atoms with Crippen LogP contribution in [-0.4, -0.2) is 23.9 Å². The Morgan fingerprint density at radius 3 is 2.81 bits per heavy atom. The van der Waals surface area contributed by atoms with Gasteiger partial charge in [-0.15, -0.1) is 6.42 Å². The average molecular weight is 281 g/mol. The number of terminal acetylenes is 1. The second-order valence-corrected chi connectivity index (χ2v) is 4.11. The van der Waals surface area contributed by atoms with E-state index in [4.69, 9.17) is 12.2 Å². The lowest BCUT2D eigenvalue weighted by Crippen LogP contribution is -2.31. The van der Waals surface area contributed by atoms with Gasteiger partial charge < -0.3 is 10.6 Å². The Balaban J connectivity index is 2.95. The van der Waals surface area contributed by atoms with Crippen LogP contribution < -0.4 is 5.73 Å². The summed E-state index contributed by atoms with van der Waals surface area (Å²) in [6.07, 6.45) is 5.20. The topological polar surface area (TPSA) is 46.3 Å². The minimum atomic E-state index is -0.0823. The Morgan fingerprint density at radius 2 is 2.31 bits per heavy atom. The summed E-state index contributed by atoms with van der Waals surface area (Å²) >= 11 is 3.29. The summed E-state index contributed by atoms with van der Waals surface area (Å²) in [4.78, 5) is 13.6. The monoisotopic (exact) mass is 280 g/mol. The van der Waals surface area contributed by atoms with Crippen LogP contribution in [0.25, 0.3) is 0 Å². The third-order valence-electron chi connectivity index (χ3n) is 2.20. The van der Waals surface area contributed by atoms with Gasteiger partial charge in [0.05, 0.1) is 6.54 Å². The molecule has 16 heavy (non-hydrogen) atoms. The van der Waals surface area contributed by atoms with Crippen LogP contribution in [0, 0.1) is 12.3 Å². The van der Waals surface area contributed by atoms with E-state index in [1.165, 1.54) is 0 Å². The molecule has 0 atom stereocenters. The minimum absolute atomic E-state index is 0.0823. The summed E-state index contributed by atoms with van der Waals surface area (Å²) < 4.78 is 0.718. The second kappa shape index (κ2) is 5.57. The zero-order valence-corrected chi connectivity index (χ0v) is 10.6. The van der Waals surface area contributed by atoms with Gasteiger partial charge in [0.25, 0.3) is 5.91 Å². The van der Waals surface area contributed by atoms with Crippen LogP contribution in [-0.2, 0) is 0 Å². The SMILES string of the molecule is C#CCN(CC)C(=O)c1ccc(N)c(Br)c1. The molecule has 0 aliphatic rings. The summed E-state index contributed by atoms with van der Waals surface area (Å²) in [6.45, 7) is 2.80. The first-order chi connectivity index (χ1) is 7.60. The molecule has 0 unspecified atom stereocenters. The smallest absolute Gasteiger partial charge is 0.254 e. The summed E-state index contributed by atoms with van der Waals surface area (Å²) in [5.41, 5.74) is 6.84. The van der Waals surface area contributed by atoms with E-state index < -0.39 is 0 Å². The van der Waals surface area contributed by atoms with Gasteiger partial charge in [-0.3, -0.25) is 4.79 Å². The molecule has 0 bridgehead atoms. The fourth-order valence-electron chi connectivity index (χ4n) is 1.28. The molecule has 1 rings (SSSR count). The Hall–Kier alpha value is -1.47. The third kappa shape index (κ3) is 2.77. The number of nitrogen functional groups attached to an aromatic ring is 1. The normalized spacial score (nSPS) is 9.56. The van der Waals surface area contributed by atoms with Gasteiger partial charge in [-0.2, -0.15) is 0 Å². The number of nitrogens with zero attached hydrogens (tertiary/aromatic N) is 1. The van der Waals surface area contributed by atoms with Gasteiger partial charge in [-0.05, 0) is 41.1 Å². The molecule has 0 saturated heterocycles. The number of amides is 1. The maximum Gasteiger partial charge on any atom is 0.254 e. The standard InChI is InChI=1S/C12H13BrN2O/c1-3-7-15(4-2)12(16)9-5-6-11(14)10(13)8-9/h1,5-6,8H,4,7,14H2,2H3. The Morgan fingerprint density at radius 1 is 1.62 bits per heavy atom. The predicted molar refractivity (Wildman–Crippen MR) is 69.0 cm³/mol. The summed E-state index contributed by atoms with van der Waals surface area (Å²) in [5, 5.41) is 0. The largest absolute Gasteiger partial charge is 0.398 e. The van der Waals surface area contributed by atoms with Crippen LogP contribution in [0.5, 0.6) is 0 Å². The van der Waals surface area contributed by atoms with Crippen LogP contribution in [0.3, 0.4) is 0 Å². The van der Waals surface area contributed by atoms with Gasteiger partial charge in [0.2, 0.25) is 0 Å². The van der Waals surface area contributed by atoms with Crippen molar-refractivity contribution in [2.24, 2.45) is 0 Å². The van der Waals surface area contributed by atoms with Crippen molar-refractivity contribution < 1.29 is 4.79 Å². The number of halogens is 1. The van der Waals surface area contributed by atoms with Crippen molar-refractivity contribution in [3.8, 4) is 12.3 Å². The summed E-state index contributed by atoms with van der Waals surface area (Å²) in [5.74, 6) is 2.38. The molecule has 0 radical (unpaired) electrons. The highest BCUT2D eigenvalue weighted by molar-refractivity contribution is 9.10. The van der Waals surface area contributed by atoms with Crippen molar-refractivity contribution in [2.45, 2.75) is 6.92 Å². The van der Waals surface area contributed by atoms with Gasteiger partial charge >= 0.3 is 0 Å². The Labute approximate surface area is 104 Å². The van der Waals surface area contributed by atoms with Gasteiger partial charge in [0, 0.05) is 22.3 Å². The van der Waals surface area contributed by atoms with E-state index in [9.17, 15) is 4.79 Å². The number of rotatable bonds is 3. The molecule has 0 saturated carbocycles. The zero-order valence-electron chi connectivity index (χ0n) is 9.03. The first-order valence-corrected chi connectivity index (χ1v) is 5.67. The fourth-order valence-corrected chi connectivity index (χ4v) is 1.66. The molecule has 0 heterocycles. The molecule has 1 aromatic rings. The lowest BCUT2D eigenvalue weighted by atomic mass is 10.2. The summed E-state index contributed by atoms with van der Waals surface area (Å²) in [6, 6.07) is 5.10. The molecule has 0 aromatic heterocycles. The number of hydrogen-bond acceptors (Lipinski definition) is 2. The number of benzene rings is 1. The van der Waals surface area contributed by atoms with Crippen molar-refractivity contribution in [3.05, 3.63) is 28.2 Å². The van der Waals surface area contributed by atoms with Gasteiger partial charge in [0.1, 0.15) is 0 Å². The van der Waals surface area contributed by atoms with Gasteiger partial charge in [-0.1, -0.05) is 5.92 Å². The minimum Gasteiger partial charge on any atom is -0.398 e. The van der Waals surface area contributed by atoms with Crippen molar-refractivity contribution >= 4 is 27.5 Å².